The van der Waals surface area contributed by atoms with Crippen molar-refractivity contribution in [1.29, 1.82) is 0 Å². The number of hydrogen-bond acceptors (Lipinski definition) is 6. The summed E-state index contributed by atoms with van der Waals surface area (Å²) in [7, 11) is 0. The molecule has 0 atom stereocenters. The molecule has 0 amide bonds. The highest BCUT2D eigenvalue weighted by atomic mass is 32.1. The number of hydrogen-bond donors (Lipinski definition) is 1. The second-order valence-corrected chi connectivity index (χ2v) is 7.90. The zero-order chi connectivity index (χ0) is 19.8. The molecule has 5 nitrogen and oxygen atoms in total. The number of aromatic nitrogens is 1. The van der Waals surface area contributed by atoms with E-state index < -0.39 is 5.97 Å². The second kappa shape index (κ2) is 10.3. The van der Waals surface area contributed by atoms with E-state index in [9.17, 15) is 4.79 Å². The SMILES string of the molecule is CCOC(=O)/C=c1\[nH]c(=S)s\c1=C/c1ccc(OCC(C)C)c(OCC)c1. The van der Waals surface area contributed by atoms with E-state index in [1.54, 1.807) is 6.92 Å². The van der Waals surface area contributed by atoms with Crippen LogP contribution in [0.25, 0.3) is 12.2 Å². The summed E-state index contributed by atoms with van der Waals surface area (Å²) in [5.74, 6) is 1.45. The first-order chi connectivity index (χ1) is 12.9. The molecule has 1 aromatic carbocycles. The molecule has 2 rings (SSSR count). The molecule has 0 radical (unpaired) electrons. The number of carbonyl (C=O) groups excluding carboxylic acids is 1. The Labute approximate surface area is 168 Å². The monoisotopic (exact) mass is 407 g/mol. The molecule has 0 fully saturated rings. The van der Waals surface area contributed by atoms with Gasteiger partial charge >= 0.3 is 5.97 Å². The van der Waals surface area contributed by atoms with E-state index in [1.807, 2.05) is 31.2 Å². The Balaban J connectivity index is 2.43. The molecular formula is C20H25NO4S2. The molecule has 0 unspecified atom stereocenters. The van der Waals surface area contributed by atoms with Gasteiger partial charge in [-0.15, -0.1) is 11.3 Å². The first-order valence-corrected chi connectivity index (χ1v) is 10.1. The summed E-state index contributed by atoms with van der Waals surface area (Å²) in [6.45, 7) is 9.41. The molecule has 0 spiro atoms. The highest BCUT2D eigenvalue weighted by Crippen LogP contribution is 2.29. The van der Waals surface area contributed by atoms with E-state index in [4.69, 9.17) is 26.4 Å². The first kappa shape index (κ1) is 21.2. The van der Waals surface area contributed by atoms with Crippen LogP contribution >= 0.6 is 23.6 Å². The van der Waals surface area contributed by atoms with Crippen molar-refractivity contribution >= 4 is 41.7 Å². The molecule has 2 aromatic rings. The maximum absolute atomic E-state index is 11.8. The minimum Gasteiger partial charge on any atom is -0.490 e. The molecule has 1 heterocycles. The van der Waals surface area contributed by atoms with Gasteiger partial charge in [0.25, 0.3) is 0 Å². The lowest BCUT2D eigenvalue weighted by Crippen LogP contribution is -2.23. The number of rotatable bonds is 8. The third-order valence-electron chi connectivity index (χ3n) is 3.39. The molecule has 0 aliphatic carbocycles. The number of benzene rings is 1. The lowest BCUT2D eigenvalue weighted by molar-refractivity contribution is -0.135. The van der Waals surface area contributed by atoms with Gasteiger partial charge in [0, 0.05) is 6.08 Å². The van der Waals surface area contributed by atoms with Gasteiger partial charge in [0.2, 0.25) is 0 Å². The Morgan fingerprint density at radius 2 is 2.00 bits per heavy atom. The molecule has 146 valence electrons. The third kappa shape index (κ3) is 6.52. The Kier molecular flexibility index (Phi) is 8.06. The van der Waals surface area contributed by atoms with E-state index >= 15 is 0 Å². The summed E-state index contributed by atoms with van der Waals surface area (Å²) in [5, 5.41) is 0.640. The van der Waals surface area contributed by atoms with Gasteiger partial charge in [-0.3, -0.25) is 0 Å². The van der Waals surface area contributed by atoms with Crippen LogP contribution in [0.4, 0.5) is 0 Å². The van der Waals surface area contributed by atoms with E-state index in [2.05, 4.69) is 18.8 Å². The predicted molar refractivity (Wildman–Crippen MR) is 111 cm³/mol. The smallest absolute Gasteiger partial charge is 0.332 e. The standard InChI is InChI=1S/C20H25NO4S2/c1-5-23-17-9-14(7-8-16(17)25-12-13(3)4)10-18-15(21-20(26)27-18)11-19(22)24-6-2/h7-11,13H,5-6,12H2,1-4H3,(H,21,26)/b15-11-,18-10-. The Bertz CT molecular complexity index is 944. The Hall–Kier alpha value is -2.12. The van der Waals surface area contributed by atoms with Crippen LogP contribution in [0.1, 0.15) is 33.3 Å². The summed E-state index contributed by atoms with van der Waals surface area (Å²) in [6, 6.07) is 5.78. The van der Waals surface area contributed by atoms with Crippen molar-refractivity contribution in [1.82, 2.24) is 4.98 Å². The van der Waals surface area contributed by atoms with E-state index in [0.717, 1.165) is 15.8 Å². The van der Waals surface area contributed by atoms with Gasteiger partial charge < -0.3 is 19.2 Å². The van der Waals surface area contributed by atoms with Gasteiger partial charge in [0.15, 0.2) is 15.5 Å². The van der Waals surface area contributed by atoms with Gasteiger partial charge in [-0.2, -0.15) is 0 Å². The minimum atomic E-state index is -0.399. The van der Waals surface area contributed by atoms with Gasteiger partial charge in [-0.05, 0) is 55.8 Å². The van der Waals surface area contributed by atoms with Crippen LogP contribution in [-0.4, -0.2) is 30.8 Å². The fraction of sp³-hybridized carbons (Fsp3) is 0.400. The number of aromatic amines is 1. The highest BCUT2D eigenvalue weighted by molar-refractivity contribution is 7.73. The number of esters is 1. The summed E-state index contributed by atoms with van der Waals surface area (Å²) < 4.78 is 18.0. The van der Waals surface area contributed by atoms with Crippen LogP contribution in [0.5, 0.6) is 11.5 Å². The van der Waals surface area contributed by atoms with E-state index in [-0.39, 0.29) is 0 Å². The molecule has 0 saturated carbocycles. The lowest BCUT2D eigenvalue weighted by atomic mass is 10.2. The molecule has 1 aromatic heterocycles. The number of carbonyl (C=O) groups is 1. The minimum absolute atomic E-state index is 0.328. The molecule has 0 bridgehead atoms. The normalized spacial score (nSPS) is 12.5. The fourth-order valence-corrected chi connectivity index (χ4v) is 3.43. The lowest BCUT2D eigenvalue weighted by Gasteiger charge is -2.13. The van der Waals surface area contributed by atoms with Crippen LogP contribution in [0.3, 0.4) is 0 Å². The second-order valence-electron chi connectivity index (χ2n) is 6.18. The van der Waals surface area contributed by atoms with Crippen molar-refractivity contribution < 1.29 is 19.0 Å². The van der Waals surface area contributed by atoms with E-state index in [1.165, 1.54) is 17.4 Å². The van der Waals surface area contributed by atoms with Crippen molar-refractivity contribution in [2.75, 3.05) is 19.8 Å². The van der Waals surface area contributed by atoms with Gasteiger partial charge in [0.05, 0.1) is 29.7 Å². The van der Waals surface area contributed by atoms with Crippen molar-refractivity contribution in [3.63, 3.8) is 0 Å². The van der Waals surface area contributed by atoms with Crippen LogP contribution in [0, 0.1) is 9.87 Å². The maximum atomic E-state index is 11.8. The number of H-pyrrole nitrogens is 1. The van der Waals surface area contributed by atoms with Crippen molar-refractivity contribution in [2.24, 2.45) is 5.92 Å². The van der Waals surface area contributed by atoms with Gasteiger partial charge in [-0.25, -0.2) is 4.79 Å². The number of nitrogens with one attached hydrogen (secondary N) is 1. The van der Waals surface area contributed by atoms with Gasteiger partial charge in [0.1, 0.15) is 0 Å². The van der Waals surface area contributed by atoms with E-state index in [0.29, 0.717) is 40.8 Å². The highest BCUT2D eigenvalue weighted by Gasteiger charge is 2.07. The largest absolute Gasteiger partial charge is 0.490 e. The quantitative estimate of drug-likeness (QED) is 0.537. The average molecular weight is 408 g/mol. The zero-order valence-corrected chi connectivity index (χ0v) is 17.7. The molecule has 0 aliphatic heterocycles. The topological polar surface area (TPSA) is 60.6 Å². The Morgan fingerprint density at radius 1 is 1.22 bits per heavy atom. The van der Waals surface area contributed by atoms with Gasteiger partial charge in [-0.1, -0.05) is 19.9 Å². The van der Waals surface area contributed by atoms with Crippen LogP contribution in [0.2, 0.25) is 0 Å². The fourth-order valence-electron chi connectivity index (χ4n) is 2.28. The molecule has 7 heteroatoms. The van der Waals surface area contributed by atoms with Crippen LogP contribution in [-0.2, 0) is 9.53 Å². The van der Waals surface area contributed by atoms with Crippen molar-refractivity contribution in [2.45, 2.75) is 27.7 Å². The maximum Gasteiger partial charge on any atom is 0.332 e. The summed E-state index contributed by atoms with van der Waals surface area (Å²) in [4.78, 5) is 14.8. The number of thiazole rings is 1. The van der Waals surface area contributed by atoms with Crippen LogP contribution in [0.15, 0.2) is 18.2 Å². The first-order valence-electron chi connectivity index (χ1n) is 8.91. The molecule has 27 heavy (non-hydrogen) atoms. The average Bonchev–Trinajstić information content (AvgIpc) is 2.93. The van der Waals surface area contributed by atoms with Crippen molar-refractivity contribution in [3.05, 3.63) is 37.6 Å². The summed E-state index contributed by atoms with van der Waals surface area (Å²) >= 11 is 6.63. The van der Waals surface area contributed by atoms with Crippen LogP contribution < -0.4 is 19.4 Å². The molecule has 1 N–H and O–H groups in total. The molecule has 0 aliphatic rings. The molecule has 0 saturated heterocycles. The molecular weight excluding hydrogens is 382 g/mol. The predicted octanol–water partition coefficient (Wildman–Crippen LogP) is 3.41. The summed E-state index contributed by atoms with van der Waals surface area (Å²) in [6.07, 6.45) is 3.38. The summed E-state index contributed by atoms with van der Waals surface area (Å²) in [5.41, 5.74) is 0.930. The van der Waals surface area contributed by atoms with Crippen molar-refractivity contribution in [3.8, 4) is 11.5 Å². The number of ether oxygens (including phenoxy) is 3. The zero-order valence-electron chi connectivity index (χ0n) is 16.0. The Morgan fingerprint density at radius 3 is 2.67 bits per heavy atom. The third-order valence-corrected chi connectivity index (χ3v) is 4.59.